The Morgan fingerprint density at radius 2 is 2.30 bits per heavy atom. The van der Waals surface area contributed by atoms with Gasteiger partial charge in [0.15, 0.2) is 0 Å². The zero-order chi connectivity index (χ0) is 14.4. The molecule has 0 saturated heterocycles. The van der Waals surface area contributed by atoms with Crippen LogP contribution >= 0.6 is 0 Å². The lowest BCUT2D eigenvalue weighted by atomic mass is 10.3. The Bertz CT molecular complexity index is 618. The van der Waals surface area contributed by atoms with Crippen molar-refractivity contribution in [3.05, 3.63) is 46.4 Å². The van der Waals surface area contributed by atoms with Crippen LogP contribution < -0.4 is 10.9 Å². The van der Waals surface area contributed by atoms with Gasteiger partial charge in [0.1, 0.15) is 11.5 Å². The van der Waals surface area contributed by atoms with Crippen LogP contribution in [0.1, 0.15) is 29.7 Å². The highest BCUT2D eigenvalue weighted by Gasteiger charge is 2.09. The Labute approximate surface area is 116 Å². The molecule has 2 aromatic heterocycles. The van der Waals surface area contributed by atoms with Gasteiger partial charge in [-0.2, -0.15) is 5.10 Å². The van der Waals surface area contributed by atoms with Gasteiger partial charge in [0.25, 0.3) is 11.5 Å². The lowest BCUT2D eigenvalue weighted by molar-refractivity contribution is 0.0946. The van der Waals surface area contributed by atoms with E-state index in [1.165, 1.54) is 16.8 Å². The second-order valence-corrected chi connectivity index (χ2v) is 4.32. The van der Waals surface area contributed by atoms with Crippen molar-refractivity contribution in [1.82, 2.24) is 25.1 Å². The molecule has 106 valence electrons. The second kappa shape index (κ2) is 6.65. The highest BCUT2D eigenvalue weighted by Crippen LogP contribution is 1.93. The lowest BCUT2D eigenvalue weighted by Gasteiger charge is -2.06. The van der Waals surface area contributed by atoms with Crippen molar-refractivity contribution in [2.45, 2.75) is 26.3 Å². The van der Waals surface area contributed by atoms with Crippen molar-refractivity contribution in [2.75, 3.05) is 6.54 Å². The molecule has 0 aliphatic heterocycles. The van der Waals surface area contributed by atoms with E-state index < -0.39 is 0 Å². The van der Waals surface area contributed by atoms with Gasteiger partial charge in [0.2, 0.25) is 0 Å². The number of aromatic nitrogens is 4. The zero-order valence-electron chi connectivity index (χ0n) is 11.3. The summed E-state index contributed by atoms with van der Waals surface area (Å²) >= 11 is 0. The molecule has 20 heavy (non-hydrogen) atoms. The molecule has 0 aliphatic rings. The number of H-pyrrole nitrogens is 1. The average molecular weight is 275 g/mol. The summed E-state index contributed by atoms with van der Waals surface area (Å²) in [5.41, 5.74) is 0.0523. The quantitative estimate of drug-likeness (QED) is 0.795. The normalized spacial score (nSPS) is 10.4. The Balaban J connectivity index is 1.95. The number of aromatic amines is 1. The molecule has 0 aromatic carbocycles. The van der Waals surface area contributed by atoms with Gasteiger partial charge in [-0.15, -0.1) is 0 Å². The minimum Gasteiger partial charge on any atom is -0.350 e. The van der Waals surface area contributed by atoms with Gasteiger partial charge in [-0.25, -0.2) is 9.67 Å². The number of amides is 1. The highest BCUT2D eigenvalue weighted by molar-refractivity contribution is 5.91. The molecule has 0 fully saturated rings. The fraction of sp³-hybridized carbons (Fsp3) is 0.385. The number of carbonyl (C=O) groups is 1. The van der Waals surface area contributed by atoms with Crippen LogP contribution in [0.15, 0.2) is 29.3 Å². The molecule has 7 heteroatoms. The third kappa shape index (κ3) is 3.53. The summed E-state index contributed by atoms with van der Waals surface area (Å²) in [6.45, 7) is 2.91. The predicted molar refractivity (Wildman–Crippen MR) is 73.4 cm³/mol. The molecule has 0 atom stereocenters. The van der Waals surface area contributed by atoms with Gasteiger partial charge in [0, 0.05) is 38.0 Å². The van der Waals surface area contributed by atoms with E-state index in [4.69, 9.17) is 0 Å². The van der Waals surface area contributed by atoms with Crippen molar-refractivity contribution in [3.63, 3.8) is 0 Å². The number of hydrogen-bond donors (Lipinski definition) is 2. The van der Waals surface area contributed by atoms with Gasteiger partial charge in [-0.3, -0.25) is 9.59 Å². The molecule has 2 aromatic rings. The van der Waals surface area contributed by atoms with Crippen LogP contribution in [0.2, 0.25) is 0 Å². The minimum atomic E-state index is -0.290. The molecule has 2 heterocycles. The molecule has 0 spiro atoms. The predicted octanol–water partition coefficient (Wildman–Crippen LogP) is 0.349. The second-order valence-electron chi connectivity index (χ2n) is 4.32. The van der Waals surface area contributed by atoms with E-state index in [0.717, 1.165) is 12.2 Å². The number of imidazole rings is 1. The SMILES string of the molecule is CCCn1nc(C(=O)NCCc2ncc[nH]2)ccc1=O. The van der Waals surface area contributed by atoms with Crippen LogP contribution in [0.25, 0.3) is 0 Å². The molecule has 0 unspecified atom stereocenters. The number of nitrogens with zero attached hydrogens (tertiary/aromatic N) is 3. The highest BCUT2D eigenvalue weighted by atomic mass is 16.2. The van der Waals surface area contributed by atoms with Crippen LogP contribution in [0.4, 0.5) is 0 Å². The van der Waals surface area contributed by atoms with Crippen molar-refractivity contribution < 1.29 is 4.79 Å². The van der Waals surface area contributed by atoms with E-state index in [1.807, 2.05) is 6.92 Å². The average Bonchev–Trinajstić information content (AvgIpc) is 2.94. The van der Waals surface area contributed by atoms with Gasteiger partial charge in [-0.05, 0) is 12.5 Å². The first-order valence-electron chi connectivity index (χ1n) is 6.55. The van der Waals surface area contributed by atoms with E-state index in [0.29, 0.717) is 19.5 Å². The maximum absolute atomic E-state index is 11.9. The molecule has 2 N–H and O–H groups in total. The molecule has 1 amide bonds. The first-order chi connectivity index (χ1) is 9.70. The molecule has 0 bridgehead atoms. The summed E-state index contributed by atoms with van der Waals surface area (Å²) in [4.78, 5) is 30.5. The number of rotatable bonds is 6. The van der Waals surface area contributed by atoms with Crippen LogP contribution in [0, 0.1) is 0 Å². The summed E-state index contributed by atoms with van der Waals surface area (Å²) < 4.78 is 1.31. The largest absolute Gasteiger partial charge is 0.350 e. The fourth-order valence-corrected chi connectivity index (χ4v) is 1.76. The number of hydrogen-bond acceptors (Lipinski definition) is 4. The van der Waals surface area contributed by atoms with Crippen LogP contribution in [0.3, 0.4) is 0 Å². The third-order valence-corrected chi connectivity index (χ3v) is 2.74. The van der Waals surface area contributed by atoms with Gasteiger partial charge < -0.3 is 10.3 Å². The maximum Gasteiger partial charge on any atom is 0.271 e. The van der Waals surface area contributed by atoms with Crippen molar-refractivity contribution >= 4 is 5.91 Å². The van der Waals surface area contributed by atoms with Gasteiger partial charge in [-0.1, -0.05) is 6.92 Å². The zero-order valence-corrected chi connectivity index (χ0v) is 11.3. The minimum absolute atomic E-state index is 0.195. The molecular weight excluding hydrogens is 258 g/mol. The molecule has 2 rings (SSSR count). The molecule has 7 nitrogen and oxygen atoms in total. The summed E-state index contributed by atoms with van der Waals surface area (Å²) in [6.07, 6.45) is 4.81. The lowest BCUT2D eigenvalue weighted by Crippen LogP contribution is -2.30. The standard InChI is InChI=1S/C13H17N5O2/c1-2-9-18-12(19)4-3-10(17-18)13(20)16-6-5-11-14-7-8-15-11/h3-4,7-8H,2,5-6,9H2,1H3,(H,14,15)(H,16,20). The monoisotopic (exact) mass is 275 g/mol. The van der Waals surface area contributed by atoms with Crippen LogP contribution in [-0.4, -0.2) is 32.2 Å². The van der Waals surface area contributed by atoms with Gasteiger partial charge >= 0.3 is 0 Å². The number of carbonyl (C=O) groups excluding carboxylic acids is 1. The maximum atomic E-state index is 11.9. The smallest absolute Gasteiger partial charge is 0.271 e. The molecule has 0 saturated carbocycles. The Morgan fingerprint density at radius 1 is 1.45 bits per heavy atom. The Morgan fingerprint density at radius 3 is 3.00 bits per heavy atom. The first-order valence-corrected chi connectivity index (χ1v) is 6.55. The Hall–Kier alpha value is -2.44. The molecular formula is C13H17N5O2. The molecule has 0 radical (unpaired) electrons. The van der Waals surface area contributed by atoms with E-state index in [1.54, 1.807) is 12.4 Å². The number of aryl methyl sites for hydroxylation is 1. The first kappa shape index (κ1) is 14.0. The summed E-state index contributed by atoms with van der Waals surface area (Å²) in [6, 6.07) is 2.81. The van der Waals surface area contributed by atoms with Gasteiger partial charge in [0.05, 0.1) is 0 Å². The summed E-state index contributed by atoms with van der Waals surface area (Å²) in [7, 11) is 0. The summed E-state index contributed by atoms with van der Waals surface area (Å²) in [5, 5.41) is 6.80. The Kier molecular flexibility index (Phi) is 4.65. The summed E-state index contributed by atoms with van der Waals surface area (Å²) in [5.74, 6) is 0.524. The van der Waals surface area contributed by atoms with Crippen molar-refractivity contribution in [2.24, 2.45) is 0 Å². The van der Waals surface area contributed by atoms with E-state index in [9.17, 15) is 9.59 Å². The third-order valence-electron chi connectivity index (χ3n) is 2.74. The van der Waals surface area contributed by atoms with Crippen molar-refractivity contribution in [3.8, 4) is 0 Å². The van der Waals surface area contributed by atoms with E-state index >= 15 is 0 Å². The number of nitrogens with one attached hydrogen (secondary N) is 2. The topological polar surface area (TPSA) is 92.7 Å². The van der Waals surface area contributed by atoms with Crippen LogP contribution in [-0.2, 0) is 13.0 Å². The molecule has 0 aliphatic carbocycles. The fourth-order valence-electron chi connectivity index (χ4n) is 1.76. The van der Waals surface area contributed by atoms with Crippen LogP contribution in [0.5, 0.6) is 0 Å². The van der Waals surface area contributed by atoms with E-state index in [-0.39, 0.29) is 17.2 Å². The van der Waals surface area contributed by atoms with E-state index in [2.05, 4.69) is 20.4 Å². The van der Waals surface area contributed by atoms with Crippen molar-refractivity contribution in [1.29, 1.82) is 0 Å².